The van der Waals surface area contributed by atoms with E-state index in [1.54, 1.807) is 24.3 Å². The molecule has 1 N–H and O–H groups in total. The van der Waals surface area contributed by atoms with E-state index in [2.05, 4.69) is 0 Å². The molecule has 0 atom stereocenters. The second-order valence-corrected chi connectivity index (χ2v) is 8.62. The first-order valence-corrected chi connectivity index (χ1v) is 10.4. The largest absolute Gasteiger partial charge is 0.488 e. The first-order chi connectivity index (χ1) is 12.9. The molecule has 1 aliphatic rings. The molecule has 0 aliphatic carbocycles. The second-order valence-electron chi connectivity index (χ2n) is 6.28. The lowest BCUT2D eigenvalue weighted by Gasteiger charge is -2.31. The number of benzene rings is 2. The van der Waals surface area contributed by atoms with E-state index >= 15 is 0 Å². The molecule has 2 aromatic carbocycles. The zero-order chi connectivity index (χ0) is 19.4. The normalized spacial score (nSPS) is 16.4. The average molecular weight is 418 g/mol. The van der Waals surface area contributed by atoms with Crippen LogP contribution in [0.4, 0.5) is 8.78 Å². The summed E-state index contributed by atoms with van der Waals surface area (Å²) < 4.78 is 58.9. The summed E-state index contributed by atoms with van der Waals surface area (Å²) in [6.45, 7) is 2.95. The van der Waals surface area contributed by atoms with Crippen molar-refractivity contribution >= 4 is 21.6 Å². The molecule has 5 nitrogen and oxygen atoms in total. The molecule has 0 spiro atoms. The Balaban J connectivity index is 1.51. The van der Waals surface area contributed by atoms with Gasteiger partial charge in [0.15, 0.2) is 0 Å². The lowest BCUT2D eigenvalue weighted by molar-refractivity contribution is -0.903. The van der Waals surface area contributed by atoms with E-state index < -0.39 is 26.6 Å². The molecule has 0 saturated carbocycles. The Kier molecular flexibility index (Phi) is 6.31. The van der Waals surface area contributed by atoms with Crippen LogP contribution in [0.1, 0.15) is 0 Å². The fourth-order valence-electron chi connectivity index (χ4n) is 2.96. The highest BCUT2D eigenvalue weighted by atomic mass is 35.5. The monoisotopic (exact) mass is 417 g/mol. The van der Waals surface area contributed by atoms with Crippen molar-refractivity contribution in [3.63, 3.8) is 0 Å². The smallest absolute Gasteiger partial charge is 0.246 e. The van der Waals surface area contributed by atoms with Gasteiger partial charge < -0.3 is 9.64 Å². The first kappa shape index (κ1) is 20.0. The van der Waals surface area contributed by atoms with Gasteiger partial charge in [-0.3, -0.25) is 0 Å². The number of quaternary nitrogens is 1. The maximum atomic E-state index is 13.9. The molecule has 0 aromatic heterocycles. The van der Waals surface area contributed by atoms with Gasteiger partial charge in [0.1, 0.15) is 35.4 Å². The number of hydrogen-bond acceptors (Lipinski definition) is 3. The predicted molar refractivity (Wildman–Crippen MR) is 97.6 cm³/mol. The van der Waals surface area contributed by atoms with Gasteiger partial charge in [0.25, 0.3) is 0 Å². The Hall–Kier alpha value is -1.74. The van der Waals surface area contributed by atoms with Crippen LogP contribution in [0, 0.1) is 11.6 Å². The van der Waals surface area contributed by atoms with Gasteiger partial charge in [-0.2, -0.15) is 4.31 Å². The number of rotatable bonds is 6. The summed E-state index contributed by atoms with van der Waals surface area (Å²) in [7, 11) is -3.97. The fraction of sp³-hybridized carbons (Fsp3) is 0.333. The molecule has 0 unspecified atom stereocenters. The number of piperazine rings is 1. The minimum atomic E-state index is -3.97. The molecular formula is C18H20ClF2N2O3S+. The Bertz CT molecular complexity index is 886. The molecule has 0 amide bonds. The minimum absolute atomic E-state index is 0.273. The number of ether oxygens (including phenoxy) is 1. The second kappa shape index (κ2) is 8.52. The minimum Gasteiger partial charge on any atom is -0.488 e. The van der Waals surface area contributed by atoms with Gasteiger partial charge in [0.2, 0.25) is 10.0 Å². The van der Waals surface area contributed by atoms with E-state index in [9.17, 15) is 17.2 Å². The molecular weight excluding hydrogens is 398 g/mol. The van der Waals surface area contributed by atoms with Crippen LogP contribution in [0.15, 0.2) is 47.4 Å². The number of sulfonamides is 1. The van der Waals surface area contributed by atoms with Gasteiger partial charge in [0.05, 0.1) is 26.2 Å². The zero-order valence-corrected chi connectivity index (χ0v) is 16.1. The molecule has 0 bridgehead atoms. The van der Waals surface area contributed by atoms with Crippen molar-refractivity contribution < 1.29 is 26.8 Å². The van der Waals surface area contributed by atoms with E-state index in [0.717, 1.165) is 24.4 Å². The molecule has 0 radical (unpaired) electrons. The van der Waals surface area contributed by atoms with Gasteiger partial charge in [-0.25, -0.2) is 17.2 Å². The Morgan fingerprint density at radius 3 is 2.37 bits per heavy atom. The maximum absolute atomic E-state index is 13.9. The number of nitrogens with zero attached hydrogens (tertiary/aromatic N) is 1. The number of hydrogen-bond donors (Lipinski definition) is 1. The van der Waals surface area contributed by atoms with Crippen LogP contribution in [0.5, 0.6) is 5.75 Å². The molecule has 27 heavy (non-hydrogen) atoms. The van der Waals surface area contributed by atoms with Crippen LogP contribution < -0.4 is 9.64 Å². The van der Waals surface area contributed by atoms with E-state index in [1.165, 1.54) is 9.21 Å². The first-order valence-electron chi connectivity index (χ1n) is 8.53. The van der Waals surface area contributed by atoms with Crippen LogP contribution in [0.25, 0.3) is 0 Å². The van der Waals surface area contributed by atoms with Gasteiger partial charge >= 0.3 is 0 Å². The summed E-state index contributed by atoms with van der Waals surface area (Å²) in [6, 6.07) is 9.59. The summed E-state index contributed by atoms with van der Waals surface area (Å²) in [5, 5.41) is 0.642. The third kappa shape index (κ3) is 4.95. The number of nitrogens with one attached hydrogen (secondary N) is 1. The van der Waals surface area contributed by atoms with E-state index in [4.69, 9.17) is 16.3 Å². The van der Waals surface area contributed by atoms with Crippen LogP contribution in [-0.4, -0.2) is 52.1 Å². The van der Waals surface area contributed by atoms with Crippen LogP contribution >= 0.6 is 11.6 Å². The topological polar surface area (TPSA) is 51.0 Å². The highest BCUT2D eigenvalue weighted by Crippen LogP contribution is 2.20. The SMILES string of the molecule is O=S(=O)(c1ccc(F)cc1F)N1CC[NH+](CCOc2ccc(Cl)cc2)CC1. The summed E-state index contributed by atoms with van der Waals surface area (Å²) in [5.41, 5.74) is 0. The van der Waals surface area contributed by atoms with Gasteiger partial charge in [-0.15, -0.1) is 0 Å². The maximum Gasteiger partial charge on any atom is 0.246 e. The highest BCUT2D eigenvalue weighted by Gasteiger charge is 2.32. The predicted octanol–water partition coefficient (Wildman–Crippen LogP) is 1.59. The lowest BCUT2D eigenvalue weighted by atomic mass is 10.3. The molecule has 1 saturated heterocycles. The van der Waals surface area contributed by atoms with Gasteiger partial charge in [0, 0.05) is 11.1 Å². The van der Waals surface area contributed by atoms with Crippen molar-refractivity contribution in [1.29, 1.82) is 0 Å². The van der Waals surface area contributed by atoms with E-state index in [-0.39, 0.29) is 13.1 Å². The van der Waals surface area contributed by atoms with Crippen molar-refractivity contribution in [2.45, 2.75) is 4.90 Å². The van der Waals surface area contributed by atoms with Crippen LogP contribution in [-0.2, 0) is 10.0 Å². The molecule has 1 heterocycles. The molecule has 3 rings (SSSR count). The standard InChI is InChI=1S/C18H19ClF2N2O3S/c19-14-1-4-16(5-2-14)26-12-11-22-7-9-23(10-8-22)27(24,25)18-6-3-15(20)13-17(18)21/h1-6,13H,7-12H2/p+1. The fourth-order valence-corrected chi connectivity index (χ4v) is 4.57. The third-order valence-corrected chi connectivity index (χ3v) is 6.66. The van der Waals surface area contributed by atoms with Crippen LogP contribution in [0.2, 0.25) is 5.02 Å². The third-order valence-electron chi connectivity index (χ3n) is 4.48. The van der Waals surface area contributed by atoms with Crippen molar-refractivity contribution in [2.75, 3.05) is 39.3 Å². The summed E-state index contributed by atoms with van der Waals surface area (Å²) in [6.07, 6.45) is 0. The van der Waals surface area contributed by atoms with E-state index in [0.29, 0.717) is 30.8 Å². The van der Waals surface area contributed by atoms with Crippen molar-refractivity contribution in [3.05, 3.63) is 59.1 Å². The summed E-state index contributed by atoms with van der Waals surface area (Å²) >= 11 is 5.82. The van der Waals surface area contributed by atoms with Crippen LogP contribution in [0.3, 0.4) is 0 Å². The lowest BCUT2D eigenvalue weighted by Crippen LogP contribution is -3.15. The highest BCUT2D eigenvalue weighted by molar-refractivity contribution is 7.89. The Labute approximate surface area is 162 Å². The molecule has 1 aliphatic heterocycles. The van der Waals surface area contributed by atoms with Crippen molar-refractivity contribution in [1.82, 2.24) is 4.31 Å². The van der Waals surface area contributed by atoms with E-state index in [1.807, 2.05) is 0 Å². The molecule has 146 valence electrons. The molecule has 9 heteroatoms. The number of halogens is 3. The van der Waals surface area contributed by atoms with Gasteiger partial charge in [-0.1, -0.05) is 11.6 Å². The Morgan fingerprint density at radius 1 is 1.07 bits per heavy atom. The van der Waals surface area contributed by atoms with Gasteiger partial charge in [-0.05, 0) is 36.4 Å². The Morgan fingerprint density at radius 2 is 1.74 bits per heavy atom. The average Bonchev–Trinajstić information content (AvgIpc) is 2.63. The zero-order valence-electron chi connectivity index (χ0n) is 14.5. The summed E-state index contributed by atoms with van der Waals surface area (Å²) in [5.74, 6) is -1.14. The van der Waals surface area contributed by atoms with Crippen molar-refractivity contribution in [2.24, 2.45) is 0 Å². The molecule has 2 aromatic rings. The quantitative estimate of drug-likeness (QED) is 0.776. The molecule has 1 fully saturated rings. The van der Waals surface area contributed by atoms with Crippen molar-refractivity contribution in [3.8, 4) is 5.75 Å². The summed E-state index contributed by atoms with van der Waals surface area (Å²) in [4.78, 5) is 0.716.